The van der Waals surface area contributed by atoms with Gasteiger partial charge in [0.05, 0.1) is 27.8 Å². The molecule has 0 saturated carbocycles. The predicted molar refractivity (Wildman–Crippen MR) is 130 cm³/mol. The number of methoxy groups -OCH3 is 3. The van der Waals surface area contributed by atoms with Crippen LogP contribution < -0.4 is 19.5 Å². The predicted octanol–water partition coefficient (Wildman–Crippen LogP) is 4.79. The number of aryl methyl sites for hydroxylation is 2. The van der Waals surface area contributed by atoms with Crippen LogP contribution in [-0.2, 0) is 20.7 Å². The maximum absolute atomic E-state index is 13.2. The minimum absolute atomic E-state index is 0.0865. The average molecular weight is 464 g/mol. The third-order valence-corrected chi connectivity index (χ3v) is 5.31. The van der Waals surface area contributed by atoms with Gasteiger partial charge in [0, 0.05) is 11.3 Å². The molecule has 3 aromatic rings. The number of carbonyl (C=O) groups excluding carboxylic acids is 2. The number of nitrogens with one attached hydrogen (secondary N) is 1. The molecule has 0 aliphatic carbocycles. The van der Waals surface area contributed by atoms with E-state index in [1.165, 1.54) is 21.3 Å². The second-order valence-electron chi connectivity index (χ2n) is 7.80. The summed E-state index contributed by atoms with van der Waals surface area (Å²) in [7, 11) is 4.51. The number of ether oxygens (including phenoxy) is 4. The van der Waals surface area contributed by atoms with Crippen LogP contribution in [-0.4, -0.2) is 33.2 Å². The molecule has 7 nitrogen and oxygen atoms in total. The molecule has 7 heteroatoms. The normalized spacial score (nSPS) is 11.3. The molecule has 0 aliphatic heterocycles. The zero-order valence-corrected chi connectivity index (χ0v) is 20.0. The Morgan fingerprint density at radius 3 is 2.09 bits per heavy atom. The first kappa shape index (κ1) is 24.6. The van der Waals surface area contributed by atoms with Crippen molar-refractivity contribution in [1.29, 1.82) is 0 Å². The van der Waals surface area contributed by atoms with Crippen LogP contribution in [0.25, 0.3) is 0 Å². The Morgan fingerprint density at radius 1 is 0.853 bits per heavy atom. The van der Waals surface area contributed by atoms with Crippen LogP contribution >= 0.6 is 0 Å². The lowest BCUT2D eigenvalue weighted by atomic mass is 10.1. The Labute approximate surface area is 199 Å². The summed E-state index contributed by atoms with van der Waals surface area (Å²) < 4.78 is 21.7. The number of hydrogen-bond acceptors (Lipinski definition) is 6. The first-order valence-corrected chi connectivity index (χ1v) is 10.8. The van der Waals surface area contributed by atoms with Gasteiger partial charge in [-0.2, -0.15) is 0 Å². The van der Waals surface area contributed by atoms with Gasteiger partial charge in [0.1, 0.15) is 0 Å². The summed E-state index contributed by atoms with van der Waals surface area (Å²) in [5.74, 6) is 0.281. The van der Waals surface area contributed by atoms with Crippen molar-refractivity contribution >= 4 is 17.6 Å². The molecule has 1 atom stereocenters. The number of hydrogen-bond donors (Lipinski definition) is 1. The second kappa shape index (κ2) is 11.2. The van der Waals surface area contributed by atoms with Gasteiger partial charge >= 0.3 is 5.97 Å². The number of anilines is 1. The lowest BCUT2D eigenvalue weighted by Gasteiger charge is -2.19. The maximum atomic E-state index is 13.2. The molecular weight excluding hydrogens is 434 g/mol. The van der Waals surface area contributed by atoms with Crippen molar-refractivity contribution in [1.82, 2.24) is 0 Å². The van der Waals surface area contributed by atoms with Crippen LogP contribution in [0.3, 0.4) is 0 Å². The van der Waals surface area contributed by atoms with Crippen molar-refractivity contribution in [3.63, 3.8) is 0 Å². The Bertz CT molecular complexity index is 1130. The molecule has 0 aromatic heterocycles. The number of esters is 1. The molecule has 0 fully saturated rings. The molecule has 178 valence electrons. The van der Waals surface area contributed by atoms with E-state index < -0.39 is 18.0 Å². The summed E-state index contributed by atoms with van der Waals surface area (Å²) in [5.41, 5.74) is 3.77. The van der Waals surface area contributed by atoms with Crippen molar-refractivity contribution < 1.29 is 28.5 Å². The smallest absolute Gasteiger partial charge is 0.311 e. The fourth-order valence-corrected chi connectivity index (χ4v) is 3.55. The van der Waals surface area contributed by atoms with Crippen LogP contribution in [0.15, 0.2) is 60.7 Å². The van der Waals surface area contributed by atoms with Crippen molar-refractivity contribution in [3.05, 3.63) is 82.9 Å². The van der Waals surface area contributed by atoms with Gasteiger partial charge in [-0.3, -0.25) is 9.59 Å². The summed E-state index contributed by atoms with van der Waals surface area (Å²) >= 11 is 0. The molecule has 0 radical (unpaired) electrons. The summed E-state index contributed by atoms with van der Waals surface area (Å²) in [5, 5.41) is 2.90. The van der Waals surface area contributed by atoms with Gasteiger partial charge < -0.3 is 24.3 Å². The monoisotopic (exact) mass is 463 g/mol. The summed E-state index contributed by atoms with van der Waals surface area (Å²) in [6.07, 6.45) is -1.20. The van der Waals surface area contributed by atoms with Crippen molar-refractivity contribution in [2.24, 2.45) is 0 Å². The van der Waals surface area contributed by atoms with Crippen LogP contribution in [0, 0.1) is 13.8 Å². The highest BCUT2D eigenvalue weighted by molar-refractivity contribution is 5.96. The van der Waals surface area contributed by atoms with E-state index in [1.807, 2.05) is 38.1 Å². The summed E-state index contributed by atoms with van der Waals surface area (Å²) in [4.78, 5) is 26.1. The third-order valence-electron chi connectivity index (χ3n) is 5.31. The molecule has 0 heterocycles. The molecule has 0 bridgehead atoms. The van der Waals surface area contributed by atoms with Crippen LogP contribution in [0.2, 0.25) is 0 Å². The number of benzene rings is 3. The van der Waals surface area contributed by atoms with E-state index in [4.69, 9.17) is 18.9 Å². The van der Waals surface area contributed by atoms with E-state index >= 15 is 0 Å². The minimum Gasteiger partial charge on any atom is -0.493 e. The average Bonchev–Trinajstić information content (AvgIpc) is 2.84. The van der Waals surface area contributed by atoms with Gasteiger partial charge in [-0.1, -0.05) is 42.5 Å². The van der Waals surface area contributed by atoms with Crippen molar-refractivity contribution in [2.45, 2.75) is 26.4 Å². The van der Waals surface area contributed by atoms with E-state index in [0.717, 1.165) is 11.1 Å². The van der Waals surface area contributed by atoms with Crippen LogP contribution in [0.4, 0.5) is 5.69 Å². The Balaban J connectivity index is 1.84. The number of carbonyl (C=O) groups is 2. The molecule has 34 heavy (non-hydrogen) atoms. The second-order valence-corrected chi connectivity index (χ2v) is 7.80. The van der Waals surface area contributed by atoms with Gasteiger partial charge in [-0.25, -0.2) is 0 Å². The SMILES string of the molecule is COc1cc(CC(=O)O[C@H](C(=O)Nc2cc(C)ccc2C)c2ccccc2)cc(OC)c1OC. The molecule has 3 rings (SSSR count). The largest absolute Gasteiger partial charge is 0.493 e. The summed E-state index contributed by atoms with van der Waals surface area (Å²) in [6.45, 7) is 3.85. The van der Waals surface area contributed by atoms with Gasteiger partial charge in [-0.15, -0.1) is 0 Å². The fourth-order valence-electron chi connectivity index (χ4n) is 3.55. The highest BCUT2D eigenvalue weighted by Crippen LogP contribution is 2.38. The van der Waals surface area contributed by atoms with Gasteiger partial charge in [0.25, 0.3) is 5.91 Å². The first-order valence-electron chi connectivity index (χ1n) is 10.8. The Morgan fingerprint density at radius 2 is 1.50 bits per heavy atom. The molecule has 1 N–H and O–H groups in total. The maximum Gasteiger partial charge on any atom is 0.311 e. The Hall–Kier alpha value is -4.00. The van der Waals surface area contributed by atoms with Gasteiger partial charge in [0.15, 0.2) is 11.5 Å². The molecule has 0 saturated heterocycles. The first-order chi connectivity index (χ1) is 16.4. The highest BCUT2D eigenvalue weighted by atomic mass is 16.5. The summed E-state index contributed by atoms with van der Waals surface area (Å²) in [6, 6.07) is 18.1. The molecular formula is C27H29NO6. The van der Waals surface area contributed by atoms with Crippen LogP contribution in [0.1, 0.15) is 28.4 Å². The van der Waals surface area contributed by atoms with Crippen molar-refractivity contribution in [3.8, 4) is 17.2 Å². The number of rotatable bonds is 9. The zero-order valence-electron chi connectivity index (χ0n) is 20.0. The van der Waals surface area contributed by atoms with Gasteiger partial charge in [0.2, 0.25) is 11.9 Å². The standard InChI is InChI=1S/C27H29NO6/c1-17-11-12-18(2)21(13-17)28-27(30)25(20-9-7-6-8-10-20)34-24(29)16-19-14-22(31-3)26(33-5)23(15-19)32-4/h6-15,25H,16H2,1-5H3,(H,28,30)/t25-/m0/s1. The van der Waals surface area contributed by atoms with Crippen molar-refractivity contribution in [2.75, 3.05) is 26.6 Å². The molecule has 3 aromatic carbocycles. The quantitative estimate of drug-likeness (QED) is 0.459. The Kier molecular flexibility index (Phi) is 8.14. The highest BCUT2D eigenvalue weighted by Gasteiger charge is 2.26. The van der Waals surface area contributed by atoms with E-state index in [0.29, 0.717) is 34.1 Å². The van der Waals surface area contributed by atoms with E-state index in [9.17, 15) is 9.59 Å². The van der Waals surface area contributed by atoms with E-state index in [-0.39, 0.29) is 6.42 Å². The molecule has 0 unspecified atom stereocenters. The lowest BCUT2D eigenvalue weighted by Crippen LogP contribution is -2.26. The third kappa shape index (κ3) is 5.86. The van der Waals surface area contributed by atoms with E-state index in [1.54, 1.807) is 36.4 Å². The zero-order chi connectivity index (χ0) is 24.7. The van der Waals surface area contributed by atoms with E-state index in [2.05, 4.69) is 5.32 Å². The fraction of sp³-hybridized carbons (Fsp3) is 0.259. The number of amides is 1. The molecule has 1 amide bonds. The van der Waals surface area contributed by atoms with Crippen LogP contribution in [0.5, 0.6) is 17.2 Å². The lowest BCUT2D eigenvalue weighted by molar-refractivity contribution is -0.154. The topological polar surface area (TPSA) is 83.1 Å². The molecule has 0 spiro atoms. The molecule has 0 aliphatic rings. The van der Waals surface area contributed by atoms with Gasteiger partial charge in [-0.05, 0) is 48.7 Å². The minimum atomic E-state index is -1.12.